The molecule has 0 fully saturated rings. The van der Waals surface area contributed by atoms with E-state index in [1.807, 2.05) is 0 Å². The summed E-state index contributed by atoms with van der Waals surface area (Å²) in [7, 11) is 0. The monoisotopic (exact) mass is 384 g/mol. The zero-order valence-electron chi connectivity index (χ0n) is 17.8. The maximum absolute atomic E-state index is 2.42. The minimum Gasteiger partial charge on any atom is -0.0590 e. The first-order chi connectivity index (χ1) is 14.6. The summed E-state index contributed by atoms with van der Waals surface area (Å²) in [5, 5.41) is 0. The Morgan fingerprint density at radius 2 is 0.733 bits per heavy atom. The SMILES string of the molecule is Cc1ccc2c(c1)-c1c(c3c(c4c1Cc1ccc(C)cc1-4)Cc1ccc(C)cc1-3)C2. The molecule has 4 aromatic carbocycles. The molecule has 0 N–H and O–H groups in total. The van der Waals surface area contributed by atoms with E-state index in [2.05, 4.69) is 75.4 Å². The standard InChI is InChI=1S/C30H24/c1-16-4-7-19-13-25-28(22(19)10-16)26-14-20-8-5-17(2)11-23(20)30(26)27-15-21-9-6-18(3)12-24(21)29(25)27/h4-12H,13-15H2,1-3H3. The summed E-state index contributed by atoms with van der Waals surface area (Å²) < 4.78 is 0. The second kappa shape index (κ2) is 5.52. The minimum atomic E-state index is 1.07. The fourth-order valence-corrected chi connectivity index (χ4v) is 6.23. The molecule has 0 amide bonds. The van der Waals surface area contributed by atoms with Crippen molar-refractivity contribution in [2.45, 2.75) is 40.0 Å². The third kappa shape index (κ3) is 2.02. The van der Waals surface area contributed by atoms with Crippen molar-refractivity contribution in [2.75, 3.05) is 0 Å². The zero-order chi connectivity index (χ0) is 20.1. The molecule has 0 heteroatoms. The largest absolute Gasteiger partial charge is 0.0590 e. The number of fused-ring (bicyclic) bond motifs is 12. The molecule has 0 unspecified atom stereocenters. The summed E-state index contributed by atoms with van der Waals surface area (Å²) in [6.45, 7) is 6.67. The van der Waals surface area contributed by atoms with Gasteiger partial charge in [-0.05, 0) is 107 Å². The van der Waals surface area contributed by atoms with Crippen molar-refractivity contribution in [1.82, 2.24) is 0 Å². The first-order valence-electron chi connectivity index (χ1n) is 11.1. The van der Waals surface area contributed by atoms with Gasteiger partial charge in [0.2, 0.25) is 0 Å². The van der Waals surface area contributed by atoms with Crippen LogP contribution in [0.3, 0.4) is 0 Å². The lowest BCUT2D eigenvalue weighted by molar-refractivity contribution is 1.21. The third-order valence-corrected chi connectivity index (χ3v) is 7.52. The number of hydrogen-bond acceptors (Lipinski definition) is 0. The molecule has 30 heavy (non-hydrogen) atoms. The van der Waals surface area contributed by atoms with Gasteiger partial charge in [-0.1, -0.05) is 71.3 Å². The summed E-state index contributed by atoms with van der Waals surface area (Å²) in [6.07, 6.45) is 3.22. The van der Waals surface area contributed by atoms with Gasteiger partial charge in [0.15, 0.2) is 0 Å². The van der Waals surface area contributed by atoms with Crippen LogP contribution in [0, 0.1) is 20.8 Å². The topological polar surface area (TPSA) is 0 Å². The van der Waals surface area contributed by atoms with Crippen LogP contribution in [0.15, 0.2) is 54.6 Å². The highest BCUT2D eigenvalue weighted by Crippen LogP contribution is 2.56. The Morgan fingerprint density at radius 3 is 1.03 bits per heavy atom. The lowest BCUT2D eigenvalue weighted by Gasteiger charge is -2.17. The Hall–Kier alpha value is -3.12. The Labute approximate surface area is 178 Å². The quantitative estimate of drug-likeness (QED) is 0.257. The molecule has 0 saturated heterocycles. The summed E-state index contributed by atoms with van der Waals surface area (Å²) in [5.41, 5.74) is 22.4. The number of hydrogen-bond donors (Lipinski definition) is 0. The maximum atomic E-state index is 2.42. The van der Waals surface area contributed by atoms with Crippen LogP contribution >= 0.6 is 0 Å². The van der Waals surface area contributed by atoms with Crippen molar-refractivity contribution in [3.8, 4) is 33.4 Å². The first kappa shape index (κ1) is 16.7. The van der Waals surface area contributed by atoms with Crippen molar-refractivity contribution in [3.05, 3.63) is 105 Å². The molecule has 0 heterocycles. The third-order valence-electron chi connectivity index (χ3n) is 7.52. The second-order valence-electron chi connectivity index (χ2n) is 9.57. The lowest BCUT2D eigenvalue weighted by atomic mass is 9.86. The van der Waals surface area contributed by atoms with Gasteiger partial charge >= 0.3 is 0 Å². The highest BCUT2D eigenvalue weighted by Gasteiger charge is 2.37. The molecule has 7 rings (SSSR count). The Kier molecular flexibility index (Phi) is 3.06. The van der Waals surface area contributed by atoms with Gasteiger partial charge in [-0.3, -0.25) is 0 Å². The number of rotatable bonds is 0. The average Bonchev–Trinajstić information content (AvgIpc) is 3.38. The molecule has 4 aromatic rings. The molecule has 3 aliphatic rings. The van der Waals surface area contributed by atoms with Gasteiger partial charge in [-0.2, -0.15) is 0 Å². The fraction of sp³-hybridized carbons (Fsp3) is 0.200. The van der Waals surface area contributed by atoms with E-state index in [1.165, 1.54) is 50.1 Å². The van der Waals surface area contributed by atoms with E-state index in [0.717, 1.165) is 19.3 Å². The van der Waals surface area contributed by atoms with Crippen LogP contribution < -0.4 is 0 Å². The zero-order valence-corrected chi connectivity index (χ0v) is 17.8. The van der Waals surface area contributed by atoms with Crippen LogP contribution in [0.4, 0.5) is 0 Å². The molecular weight excluding hydrogens is 360 g/mol. The molecule has 0 radical (unpaired) electrons. The van der Waals surface area contributed by atoms with Crippen molar-refractivity contribution in [3.63, 3.8) is 0 Å². The molecule has 0 aromatic heterocycles. The number of benzene rings is 4. The smallest absolute Gasteiger partial charge is 0.000706 e. The van der Waals surface area contributed by atoms with Crippen molar-refractivity contribution in [2.24, 2.45) is 0 Å². The van der Waals surface area contributed by atoms with Crippen molar-refractivity contribution >= 4 is 0 Å². The van der Waals surface area contributed by atoms with Crippen molar-refractivity contribution < 1.29 is 0 Å². The normalized spacial score (nSPS) is 14.1. The lowest BCUT2D eigenvalue weighted by Crippen LogP contribution is -1.97. The van der Waals surface area contributed by atoms with E-state index in [-0.39, 0.29) is 0 Å². The molecule has 0 saturated carbocycles. The minimum absolute atomic E-state index is 1.07. The molecule has 0 atom stereocenters. The van der Waals surface area contributed by atoms with E-state index < -0.39 is 0 Å². The van der Waals surface area contributed by atoms with E-state index in [9.17, 15) is 0 Å². The van der Waals surface area contributed by atoms with Gasteiger partial charge in [0, 0.05) is 0 Å². The second-order valence-corrected chi connectivity index (χ2v) is 9.57. The average molecular weight is 385 g/mol. The summed E-state index contributed by atoms with van der Waals surface area (Å²) in [6, 6.07) is 21.2. The van der Waals surface area contributed by atoms with E-state index >= 15 is 0 Å². The highest BCUT2D eigenvalue weighted by atomic mass is 14.4. The molecule has 0 spiro atoms. The van der Waals surface area contributed by atoms with Gasteiger partial charge in [0.05, 0.1) is 0 Å². The number of aryl methyl sites for hydroxylation is 3. The van der Waals surface area contributed by atoms with E-state index in [0.29, 0.717) is 0 Å². The predicted octanol–water partition coefficient (Wildman–Crippen LogP) is 7.33. The van der Waals surface area contributed by atoms with Gasteiger partial charge in [0.1, 0.15) is 0 Å². The van der Waals surface area contributed by atoms with Crippen LogP contribution in [0.5, 0.6) is 0 Å². The molecule has 0 nitrogen and oxygen atoms in total. The van der Waals surface area contributed by atoms with Gasteiger partial charge < -0.3 is 0 Å². The van der Waals surface area contributed by atoms with Crippen LogP contribution in [-0.4, -0.2) is 0 Å². The molecule has 0 aliphatic heterocycles. The summed E-state index contributed by atoms with van der Waals surface area (Å²) in [4.78, 5) is 0. The van der Waals surface area contributed by atoms with Crippen molar-refractivity contribution in [1.29, 1.82) is 0 Å². The first-order valence-corrected chi connectivity index (χ1v) is 11.1. The summed E-state index contributed by atoms with van der Waals surface area (Å²) in [5.74, 6) is 0. The van der Waals surface area contributed by atoms with Crippen LogP contribution in [-0.2, 0) is 19.3 Å². The van der Waals surface area contributed by atoms with E-state index in [1.54, 1.807) is 33.4 Å². The molecule has 0 bridgehead atoms. The van der Waals surface area contributed by atoms with Crippen LogP contribution in [0.1, 0.15) is 50.1 Å². The van der Waals surface area contributed by atoms with E-state index in [4.69, 9.17) is 0 Å². The maximum Gasteiger partial charge on any atom is -0.000706 e. The van der Waals surface area contributed by atoms with Gasteiger partial charge in [-0.15, -0.1) is 0 Å². The van der Waals surface area contributed by atoms with Crippen LogP contribution in [0.25, 0.3) is 33.4 Å². The molecular formula is C30H24. The van der Waals surface area contributed by atoms with Crippen LogP contribution in [0.2, 0.25) is 0 Å². The molecule has 3 aliphatic carbocycles. The highest BCUT2D eigenvalue weighted by molar-refractivity contribution is 6.00. The predicted molar refractivity (Wildman–Crippen MR) is 125 cm³/mol. The van der Waals surface area contributed by atoms with Gasteiger partial charge in [-0.25, -0.2) is 0 Å². The molecule has 144 valence electrons. The Morgan fingerprint density at radius 1 is 0.433 bits per heavy atom. The Balaban J connectivity index is 1.64. The van der Waals surface area contributed by atoms with Gasteiger partial charge in [0.25, 0.3) is 0 Å². The Bertz CT molecular complexity index is 1240. The summed E-state index contributed by atoms with van der Waals surface area (Å²) >= 11 is 0. The fourth-order valence-electron chi connectivity index (χ4n) is 6.23.